The first-order valence-corrected chi connectivity index (χ1v) is 3.68. The minimum absolute atomic E-state index is 0.320. The lowest BCUT2D eigenvalue weighted by atomic mass is 10.3. The van der Waals surface area contributed by atoms with E-state index in [2.05, 4.69) is 15.0 Å². The highest BCUT2D eigenvalue weighted by Crippen LogP contribution is 2.14. The summed E-state index contributed by atoms with van der Waals surface area (Å²) in [5.41, 5.74) is 6.67. The lowest BCUT2D eigenvalue weighted by Crippen LogP contribution is -1.87. The summed E-state index contributed by atoms with van der Waals surface area (Å²) in [6.45, 7) is 0. The zero-order valence-electron chi connectivity index (χ0n) is 6.66. The first-order valence-electron chi connectivity index (χ1n) is 3.68. The molecular formula is C8H7FN4. The van der Waals surface area contributed by atoms with Gasteiger partial charge in [0.2, 0.25) is 0 Å². The van der Waals surface area contributed by atoms with Crippen molar-refractivity contribution >= 4 is 5.95 Å². The van der Waals surface area contributed by atoms with Gasteiger partial charge in [-0.15, -0.1) is 0 Å². The molecule has 0 aromatic carbocycles. The Morgan fingerprint density at radius 2 is 2.08 bits per heavy atom. The topological polar surface area (TPSA) is 67.6 Å². The standard InChI is InChI=1S/C8H7FN4/c9-5-1-2-6(11-3-5)7-4-12-8(10)13-7/h1-4H,(H3,10,12,13). The number of H-pyrrole nitrogens is 1. The van der Waals surface area contributed by atoms with Gasteiger partial charge in [0, 0.05) is 0 Å². The lowest BCUT2D eigenvalue weighted by Gasteiger charge is -1.94. The van der Waals surface area contributed by atoms with Gasteiger partial charge < -0.3 is 10.7 Å². The number of nitrogens with zero attached hydrogens (tertiary/aromatic N) is 2. The Morgan fingerprint density at radius 3 is 2.62 bits per heavy atom. The Hall–Kier alpha value is -1.91. The maximum absolute atomic E-state index is 12.5. The minimum Gasteiger partial charge on any atom is -0.369 e. The predicted molar refractivity (Wildman–Crippen MR) is 46.2 cm³/mol. The second kappa shape index (κ2) is 2.85. The highest BCUT2D eigenvalue weighted by atomic mass is 19.1. The molecule has 3 N–H and O–H groups in total. The smallest absolute Gasteiger partial charge is 0.197 e. The van der Waals surface area contributed by atoms with Gasteiger partial charge in [0.15, 0.2) is 5.95 Å². The van der Waals surface area contributed by atoms with Crippen molar-refractivity contribution < 1.29 is 4.39 Å². The number of aromatic nitrogens is 3. The van der Waals surface area contributed by atoms with Crippen molar-refractivity contribution in [1.82, 2.24) is 15.0 Å². The summed E-state index contributed by atoms with van der Waals surface area (Å²) in [5.74, 6) is -0.0441. The van der Waals surface area contributed by atoms with E-state index in [1.165, 1.54) is 6.07 Å². The Kier molecular flexibility index (Phi) is 1.70. The molecule has 4 nitrogen and oxygen atoms in total. The Bertz CT molecular complexity index is 406. The van der Waals surface area contributed by atoms with Crippen LogP contribution >= 0.6 is 0 Å². The van der Waals surface area contributed by atoms with E-state index in [1.807, 2.05) is 0 Å². The van der Waals surface area contributed by atoms with E-state index in [9.17, 15) is 4.39 Å². The third-order valence-corrected chi connectivity index (χ3v) is 1.60. The van der Waals surface area contributed by atoms with Gasteiger partial charge in [0.1, 0.15) is 5.82 Å². The van der Waals surface area contributed by atoms with Gasteiger partial charge in [-0.05, 0) is 12.1 Å². The number of pyridine rings is 1. The second-order valence-corrected chi connectivity index (χ2v) is 2.54. The first-order chi connectivity index (χ1) is 6.25. The molecular weight excluding hydrogens is 171 g/mol. The Labute approximate surface area is 73.6 Å². The number of aromatic amines is 1. The number of hydrogen-bond acceptors (Lipinski definition) is 3. The van der Waals surface area contributed by atoms with E-state index >= 15 is 0 Å². The van der Waals surface area contributed by atoms with Gasteiger partial charge >= 0.3 is 0 Å². The highest BCUT2D eigenvalue weighted by Gasteiger charge is 2.01. The van der Waals surface area contributed by atoms with Crippen LogP contribution in [0.3, 0.4) is 0 Å². The summed E-state index contributed by atoms with van der Waals surface area (Å²) in [7, 11) is 0. The number of nitrogen functional groups attached to an aromatic ring is 1. The molecule has 0 saturated heterocycles. The molecule has 66 valence electrons. The molecule has 0 bridgehead atoms. The summed E-state index contributed by atoms with van der Waals surface area (Å²) in [6.07, 6.45) is 2.70. The average Bonchev–Trinajstić information content (AvgIpc) is 2.53. The van der Waals surface area contributed by atoms with Crippen molar-refractivity contribution in [1.29, 1.82) is 0 Å². The summed E-state index contributed by atoms with van der Waals surface area (Å²) in [5, 5.41) is 0. The van der Waals surface area contributed by atoms with Crippen LogP contribution in [0.15, 0.2) is 24.5 Å². The fourth-order valence-electron chi connectivity index (χ4n) is 1.00. The third-order valence-electron chi connectivity index (χ3n) is 1.60. The Balaban J connectivity index is 2.41. The first kappa shape index (κ1) is 7.72. The number of imidazole rings is 1. The maximum Gasteiger partial charge on any atom is 0.197 e. The van der Waals surface area contributed by atoms with Crippen molar-refractivity contribution in [2.45, 2.75) is 0 Å². The molecule has 5 heteroatoms. The molecule has 0 aliphatic heterocycles. The molecule has 2 aromatic heterocycles. The minimum atomic E-state index is -0.365. The molecule has 0 aliphatic carbocycles. The predicted octanol–water partition coefficient (Wildman–Crippen LogP) is 1.19. The molecule has 0 unspecified atom stereocenters. The monoisotopic (exact) mass is 178 g/mol. The summed E-state index contributed by atoms with van der Waals surface area (Å²) in [4.78, 5) is 10.5. The summed E-state index contributed by atoms with van der Waals surface area (Å²) in [6, 6.07) is 2.89. The van der Waals surface area contributed by atoms with Gasteiger partial charge in [-0.3, -0.25) is 4.98 Å². The molecule has 0 spiro atoms. The molecule has 0 radical (unpaired) electrons. The number of hydrogen-bond donors (Lipinski definition) is 2. The molecule has 2 rings (SSSR count). The zero-order chi connectivity index (χ0) is 9.26. The van der Waals surface area contributed by atoms with E-state index in [0.717, 1.165) is 6.20 Å². The molecule has 2 aromatic rings. The molecule has 0 aliphatic rings. The molecule has 13 heavy (non-hydrogen) atoms. The van der Waals surface area contributed by atoms with Crippen LogP contribution < -0.4 is 5.73 Å². The van der Waals surface area contributed by atoms with Gasteiger partial charge in [0.25, 0.3) is 0 Å². The normalized spacial score (nSPS) is 10.2. The number of rotatable bonds is 1. The van der Waals surface area contributed by atoms with Crippen LogP contribution in [0.1, 0.15) is 0 Å². The largest absolute Gasteiger partial charge is 0.369 e. The fraction of sp³-hybridized carbons (Fsp3) is 0. The average molecular weight is 178 g/mol. The van der Waals surface area contributed by atoms with E-state index in [0.29, 0.717) is 17.3 Å². The van der Waals surface area contributed by atoms with Crippen molar-refractivity contribution in [2.75, 3.05) is 5.73 Å². The van der Waals surface area contributed by atoms with Crippen molar-refractivity contribution in [2.24, 2.45) is 0 Å². The van der Waals surface area contributed by atoms with E-state index in [1.54, 1.807) is 12.3 Å². The summed E-state index contributed by atoms with van der Waals surface area (Å²) >= 11 is 0. The van der Waals surface area contributed by atoms with Crippen molar-refractivity contribution in [3.63, 3.8) is 0 Å². The molecule has 2 heterocycles. The van der Waals surface area contributed by atoms with Crippen LogP contribution in [0.5, 0.6) is 0 Å². The number of nitrogens with one attached hydrogen (secondary N) is 1. The Morgan fingerprint density at radius 1 is 1.23 bits per heavy atom. The molecule has 0 amide bonds. The van der Waals surface area contributed by atoms with Crippen LogP contribution in [-0.4, -0.2) is 15.0 Å². The molecule has 0 saturated carbocycles. The molecule has 0 fully saturated rings. The quantitative estimate of drug-likeness (QED) is 0.689. The van der Waals surface area contributed by atoms with Gasteiger partial charge in [0.05, 0.1) is 23.8 Å². The van der Waals surface area contributed by atoms with Crippen LogP contribution in [0.25, 0.3) is 11.4 Å². The van der Waals surface area contributed by atoms with Gasteiger partial charge in [-0.2, -0.15) is 0 Å². The number of halogens is 1. The SMILES string of the molecule is Nc1ncc(-c2ccc(F)cn2)[nH]1. The van der Waals surface area contributed by atoms with Crippen LogP contribution in [0, 0.1) is 5.82 Å². The van der Waals surface area contributed by atoms with E-state index in [-0.39, 0.29) is 5.82 Å². The van der Waals surface area contributed by atoms with Crippen LogP contribution in [0.4, 0.5) is 10.3 Å². The van der Waals surface area contributed by atoms with Crippen LogP contribution in [-0.2, 0) is 0 Å². The maximum atomic E-state index is 12.5. The third kappa shape index (κ3) is 1.48. The van der Waals surface area contributed by atoms with E-state index < -0.39 is 0 Å². The van der Waals surface area contributed by atoms with Gasteiger partial charge in [-0.1, -0.05) is 0 Å². The number of anilines is 1. The van der Waals surface area contributed by atoms with Crippen LogP contribution in [0.2, 0.25) is 0 Å². The second-order valence-electron chi connectivity index (χ2n) is 2.54. The van der Waals surface area contributed by atoms with Crippen molar-refractivity contribution in [3.05, 3.63) is 30.3 Å². The number of nitrogens with two attached hydrogens (primary N) is 1. The summed E-state index contributed by atoms with van der Waals surface area (Å²) < 4.78 is 12.5. The van der Waals surface area contributed by atoms with Gasteiger partial charge in [-0.25, -0.2) is 9.37 Å². The highest BCUT2D eigenvalue weighted by molar-refractivity contribution is 5.54. The fourth-order valence-corrected chi connectivity index (χ4v) is 1.00. The van der Waals surface area contributed by atoms with Crippen molar-refractivity contribution in [3.8, 4) is 11.4 Å². The molecule has 0 atom stereocenters. The lowest BCUT2D eigenvalue weighted by molar-refractivity contribution is 0.622. The van der Waals surface area contributed by atoms with E-state index in [4.69, 9.17) is 5.73 Å². The zero-order valence-corrected chi connectivity index (χ0v) is 6.66.